The molecule has 0 aliphatic heterocycles. The number of hydrogen-bond acceptors (Lipinski definition) is 1. The third kappa shape index (κ3) is 2.01. The van der Waals surface area contributed by atoms with Gasteiger partial charge in [-0.15, -0.1) is 0 Å². The second-order valence-corrected chi connectivity index (χ2v) is 3.22. The molecule has 2 N–H and O–H groups in total. The summed E-state index contributed by atoms with van der Waals surface area (Å²) in [6.45, 7) is 2.29. The monoisotopic (exact) mass is 140 g/mol. The zero-order chi connectivity index (χ0) is 7.40. The maximum absolute atomic E-state index is 5.21. The van der Waals surface area contributed by atoms with E-state index in [1.165, 1.54) is 32.0 Å². The van der Waals surface area contributed by atoms with Crippen LogP contribution in [0.2, 0.25) is 0 Å². The van der Waals surface area contributed by atoms with Gasteiger partial charge in [-0.25, -0.2) is 0 Å². The summed E-state index contributed by atoms with van der Waals surface area (Å²) in [6.07, 6.45) is 6.61. The largest absolute Gasteiger partial charge is 0.390 e. The minimum atomic E-state index is 0.522. The Morgan fingerprint density at radius 2 is 2.30 bits per heavy atom. The van der Waals surface area contributed by atoms with Crippen LogP contribution in [0.5, 0.6) is 0 Å². The smallest absolute Gasteiger partial charge is 0.0801 e. The molecule has 1 aliphatic rings. The molecule has 10 heavy (non-hydrogen) atoms. The van der Waals surface area contributed by atoms with Crippen molar-refractivity contribution >= 4 is 6.34 Å². The zero-order valence-electron chi connectivity index (χ0n) is 6.59. The van der Waals surface area contributed by atoms with Crippen LogP contribution < -0.4 is 5.73 Å². The van der Waals surface area contributed by atoms with Gasteiger partial charge in [0, 0.05) is 0 Å². The van der Waals surface area contributed by atoms with E-state index in [2.05, 4.69) is 11.9 Å². The number of rotatable bonds is 1. The van der Waals surface area contributed by atoms with Gasteiger partial charge in [-0.3, -0.25) is 4.99 Å². The first-order valence-corrected chi connectivity index (χ1v) is 4.06. The van der Waals surface area contributed by atoms with Gasteiger partial charge in [-0.1, -0.05) is 19.8 Å². The van der Waals surface area contributed by atoms with E-state index in [0.29, 0.717) is 6.04 Å². The molecule has 2 unspecified atom stereocenters. The minimum Gasteiger partial charge on any atom is -0.390 e. The predicted molar refractivity (Wildman–Crippen MR) is 44.1 cm³/mol. The number of nitrogens with two attached hydrogens (primary N) is 1. The van der Waals surface area contributed by atoms with Gasteiger partial charge < -0.3 is 5.73 Å². The van der Waals surface area contributed by atoms with Crippen molar-refractivity contribution in [1.82, 2.24) is 0 Å². The van der Waals surface area contributed by atoms with Crippen LogP contribution in [-0.2, 0) is 0 Å². The first-order chi connectivity index (χ1) is 4.83. The lowest BCUT2D eigenvalue weighted by Gasteiger charge is -2.22. The van der Waals surface area contributed by atoms with E-state index in [4.69, 9.17) is 5.73 Å². The first-order valence-electron chi connectivity index (χ1n) is 4.06. The van der Waals surface area contributed by atoms with Gasteiger partial charge in [0.25, 0.3) is 0 Å². The van der Waals surface area contributed by atoms with Crippen molar-refractivity contribution in [2.45, 2.75) is 38.6 Å². The molecule has 0 aromatic carbocycles. The van der Waals surface area contributed by atoms with Gasteiger partial charge in [0.1, 0.15) is 0 Å². The molecule has 2 nitrogen and oxygen atoms in total. The molecule has 0 heterocycles. The van der Waals surface area contributed by atoms with Crippen LogP contribution in [0.4, 0.5) is 0 Å². The van der Waals surface area contributed by atoms with Crippen molar-refractivity contribution in [3.63, 3.8) is 0 Å². The molecule has 0 saturated heterocycles. The summed E-state index contributed by atoms with van der Waals surface area (Å²) in [5, 5.41) is 0. The molecule has 1 fully saturated rings. The summed E-state index contributed by atoms with van der Waals surface area (Å²) in [6, 6.07) is 0.522. The molecule has 2 heteroatoms. The van der Waals surface area contributed by atoms with Crippen LogP contribution in [0, 0.1) is 5.92 Å². The lowest BCUT2D eigenvalue weighted by atomic mass is 9.87. The lowest BCUT2D eigenvalue weighted by molar-refractivity contribution is 0.346. The quantitative estimate of drug-likeness (QED) is 0.435. The van der Waals surface area contributed by atoms with Crippen molar-refractivity contribution in [2.75, 3.05) is 0 Å². The van der Waals surface area contributed by atoms with Crippen molar-refractivity contribution in [1.29, 1.82) is 0 Å². The van der Waals surface area contributed by atoms with Gasteiger partial charge in [0.15, 0.2) is 0 Å². The Kier molecular flexibility index (Phi) is 2.72. The molecule has 0 aromatic rings. The van der Waals surface area contributed by atoms with Crippen LogP contribution in [0.1, 0.15) is 32.6 Å². The average molecular weight is 140 g/mol. The summed E-state index contributed by atoms with van der Waals surface area (Å²) >= 11 is 0. The van der Waals surface area contributed by atoms with Crippen LogP contribution in [-0.4, -0.2) is 12.4 Å². The molecule has 0 spiro atoms. The Morgan fingerprint density at radius 3 is 2.90 bits per heavy atom. The highest BCUT2D eigenvalue weighted by molar-refractivity contribution is 5.51. The van der Waals surface area contributed by atoms with Crippen molar-refractivity contribution < 1.29 is 0 Å². The highest BCUT2D eigenvalue weighted by atomic mass is 14.8. The van der Waals surface area contributed by atoms with E-state index < -0.39 is 0 Å². The second kappa shape index (κ2) is 3.59. The molecule has 2 atom stereocenters. The van der Waals surface area contributed by atoms with Crippen LogP contribution in [0.15, 0.2) is 4.99 Å². The van der Waals surface area contributed by atoms with Gasteiger partial charge in [-0.2, -0.15) is 0 Å². The SMILES string of the molecule is CC1CCCC(N=CN)C1. The maximum atomic E-state index is 5.21. The Labute approximate surface area is 62.5 Å². The Balaban J connectivity index is 2.32. The average Bonchev–Trinajstić information content (AvgIpc) is 1.88. The summed E-state index contributed by atoms with van der Waals surface area (Å²) < 4.78 is 0. The Hall–Kier alpha value is -0.530. The maximum Gasteiger partial charge on any atom is 0.0801 e. The van der Waals surface area contributed by atoms with E-state index in [-0.39, 0.29) is 0 Å². The third-order valence-electron chi connectivity index (χ3n) is 2.21. The molecule has 0 aromatic heterocycles. The molecule has 0 bridgehead atoms. The topological polar surface area (TPSA) is 38.4 Å². The van der Waals surface area contributed by atoms with E-state index in [0.717, 1.165) is 5.92 Å². The van der Waals surface area contributed by atoms with Crippen molar-refractivity contribution in [2.24, 2.45) is 16.6 Å². The zero-order valence-corrected chi connectivity index (χ0v) is 6.59. The lowest BCUT2D eigenvalue weighted by Crippen LogP contribution is -2.17. The molecule has 1 saturated carbocycles. The number of nitrogens with zero attached hydrogens (tertiary/aromatic N) is 1. The highest BCUT2D eigenvalue weighted by Crippen LogP contribution is 2.25. The van der Waals surface area contributed by atoms with Crippen molar-refractivity contribution in [3.8, 4) is 0 Å². The van der Waals surface area contributed by atoms with E-state index >= 15 is 0 Å². The van der Waals surface area contributed by atoms with E-state index in [1.54, 1.807) is 0 Å². The standard InChI is InChI=1S/C8H16N2/c1-7-3-2-4-8(5-7)10-6-9/h6-8H,2-5H2,1H3,(H2,9,10). The molecular formula is C8H16N2. The van der Waals surface area contributed by atoms with E-state index in [9.17, 15) is 0 Å². The first kappa shape index (κ1) is 7.58. The summed E-state index contributed by atoms with van der Waals surface area (Å²) in [4.78, 5) is 4.19. The molecule has 0 amide bonds. The Bertz CT molecular complexity index is 120. The number of hydrogen-bond donors (Lipinski definition) is 1. The molecule has 1 aliphatic carbocycles. The molecule has 58 valence electrons. The van der Waals surface area contributed by atoms with Crippen LogP contribution >= 0.6 is 0 Å². The molecule has 0 radical (unpaired) electrons. The van der Waals surface area contributed by atoms with Gasteiger partial charge in [0.05, 0.1) is 12.4 Å². The number of aliphatic imine (C=N–C) groups is 1. The van der Waals surface area contributed by atoms with Gasteiger partial charge in [0.2, 0.25) is 0 Å². The fraction of sp³-hybridized carbons (Fsp3) is 0.875. The second-order valence-electron chi connectivity index (χ2n) is 3.22. The van der Waals surface area contributed by atoms with Crippen LogP contribution in [0.25, 0.3) is 0 Å². The molecular weight excluding hydrogens is 124 g/mol. The fourth-order valence-corrected chi connectivity index (χ4v) is 1.66. The molecule has 1 rings (SSSR count). The summed E-state index contributed by atoms with van der Waals surface area (Å²) in [7, 11) is 0. The van der Waals surface area contributed by atoms with Crippen LogP contribution in [0.3, 0.4) is 0 Å². The highest BCUT2D eigenvalue weighted by Gasteiger charge is 2.16. The Morgan fingerprint density at radius 1 is 1.50 bits per heavy atom. The normalized spacial score (nSPS) is 34.9. The van der Waals surface area contributed by atoms with E-state index in [1.807, 2.05) is 0 Å². The predicted octanol–water partition coefficient (Wildman–Crippen LogP) is 1.55. The van der Waals surface area contributed by atoms with Gasteiger partial charge >= 0.3 is 0 Å². The third-order valence-corrected chi connectivity index (χ3v) is 2.21. The van der Waals surface area contributed by atoms with Crippen molar-refractivity contribution in [3.05, 3.63) is 0 Å². The van der Waals surface area contributed by atoms with Gasteiger partial charge in [-0.05, 0) is 18.8 Å². The minimum absolute atomic E-state index is 0.522. The fourth-order valence-electron chi connectivity index (χ4n) is 1.66. The summed E-state index contributed by atoms with van der Waals surface area (Å²) in [5.74, 6) is 0.849. The summed E-state index contributed by atoms with van der Waals surface area (Å²) in [5.41, 5.74) is 5.21.